The van der Waals surface area contributed by atoms with E-state index in [0.29, 0.717) is 23.9 Å². The van der Waals surface area contributed by atoms with Gasteiger partial charge in [0.25, 0.3) is 0 Å². The van der Waals surface area contributed by atoms with Crippen LogP contribution in [-0.4, -0.2) is 13.1 Å². The van der Waals surface area contributed by atoms with Crippen molar-refractivity contribution in [1.82, 2.24) is 0 Å². The minimum Gasteiger partial charge on any atom is -0.493 e. The third-order valence-corrected chi connectivity index (χ3v) is 4.40. The molecule has 4 nitrogen and oxygen atoms in total. The highest BCUT2D eigenvalue weighted by Crippen LogP contribution is 2.29. The van der Waals surface area contributed by atoms with E-state index >= 15 is 0 Å². The van der Waals surface area contributed by atoms with Gasteiger partial charge < -0.3 is 14.2 Å². The lowest BCUT2D eigenvalue weighted by molar-refractivity contribution is -0.128. The molecule has 0 bridgehead atoms. The van der Waals surface area contributed by atoms with Crippen LogP contribution in [0.5, 0.6) is 17.2 Å². The molecule has 0 saturated heterocycles. The van der Waals surface area contributed by atoms with E-state index in [4.69, 9.17) is 14.2 Å². The number of carbonyl (C=O) groups excluding carboxylic acids is 1. The second-order valence-electron chi connectivity index (χ2n) is 5.89. The van der Waals surface area contributed by atoms with Gasteiger partial charge in [0.2, 0.25) is 0 Å². The minimum atomic E-state index is -0.453. The Bertz CT molecular complexity index is 950. The van der Waals surface area contributed by atoms with Crippen LogP contribution in [0.15, 0.2) is 83.3 Å². The van der Waals surface area contributed by atoms with Crippen LogP contribution in [0.1, 0.15) is 11.1 Å². The van der Waals surface area contributed by atoms with Crippen LogP contribution in [0.4, 0.5) is 0 Å². The van der Waals surface area contributed by atoms with Crippen LogP contribution < -0.4 is 14.2 Å². The first-order valence-corrected chi connectivity index (χ1v) is 9.43. The summed E-state index contributed by atoms with van der Waals surface area (Å²) in [6, 6.07) is 22.5. The average molecular weight is 439 g/mol. The van der Waals surface area contributed by atoms with Crippen LogP contribution in [0.3, 0.4) is 0 Å². The van der Waals surface area contributed by atoms with E-state index in [1.807, 2.05) is 60.7 Å². The normalized spacial score (nSPS) is 10.6. The molecule has 0 radical (unpaired) electrons. The molecular weight excluding hydrogens is 420 g/mol. The Labute approximate surface area is 172 Å². The molecule has 0 atom stereocenters. The second kappa shape index (κ2) is 9.76. The van der Waals surface area contributed by atoms with Crippen LogP contribution in [-0.2, 0) is 11.4 Å². The fourth-order valence-corrected chi connectivity index (χ4v) is 2.72. The predicted octanol–water partition coefficient (Wildman–Crippen LogP) is 5.66. The smallest absolute Gasteiger partial charge is 0.336 e. The van der Waals surface area contributed by atoms with Crippen LogP contribution >= 0.6 is 15.9 Å². The second-order valence-corrected chi connectivity index (χ2v) is 6.81. The first kappa shape index (κ1) is 19.7. The standard InChI is InChI=1S/C23H19BrO4/c1-26-22-15-17(7-13-21(22)27-16-18-5-3-2-4-6-18)8-14-23(25)28-20-11-9-19(24)10-12-20/h2-15H,16H2,1H3/b14-8+. The van der Waals surface area contributed by atoms with Crippen molar-refractivity contribution in [3.05, 3.63) is 94.5 Å². The number of rotatable bonds is 7. The van der Waals surface area contributed by atoms with Crippen LogP contribution in [0.2, 0.25) is 0 Å². The molecule has 0 heterocycles. The number of methoxy groups -OCH3 is 1. The molecule has 0 aromatic heterocycles. The Morgan fingerprint density at radius 2 is 1.71 bits per heavy atom. The lowest BCUT2D eigenvalue weighted by Crippen LogP contribution is -2.03. The summed E-state index contributed by atoms with van der Waals surface area (Å²) in [6.07, 6.45) is 3.05. The topological polar surface area (TPSA) is 44.8 Å². The Balaban J connectivity index is 1.63. The number of ether oxygens (including phenoxy) is 3. The van der Waals surface area contributed by atoms with Crippen LogP contribution in [0.25, 0.3) is 6.08 Å². The maximum absolute atomic E-state index is 12.0. The molecular formula is C23H19BrO4. The van der Waals surface area contributed by atoms with Gasteiger partial charge in [0.15, 0.2) is 11.5 Å². The van der Waals surface area contributed by atoms with Gasteiger partial charge in [-0.15, -0.1) is 0 Å². The van der Waals surface area contributed by atoms with E-state index in [1.165, 1.54) is 6.08 Å². The molecule has 0 aliphatic carbocycles. The third-order valence-electron chi connectivity index (χ3n) is 3.87. The molecule has 0 aliphatic heterocycles. The number of benzene rings is 3. The number of hydrogen-bond donors (Lipinski definition) is 0. The Morgan fingerprint density at radius 1 is 0.964 bits per heavy atom. The molecule has 0 saturated carbocycles. The quantitative estimate of drug-likeness (QED) is 0.271. The fraction of sp³-hybridized carbons (Fsp3) is 0.0870. The first-order valence-electron chi connectivity index (χ1n) is 8.64. The van der Waals surface area contributed by atoms with E-state index in [0.717, 1.165) is 15.6 Å². The summed E-state index contributed by atoms with van der Waals surface area (Å²) < 4.78 is 17.4. The molecule has 0 spiro atoms. The highest BCUT2D eigenvalue weighted by atomic mass is 79.9. The third kappa shape index (κ3) is 5.72. The maximum atomic E-state index is 12.0. The Morgan fingerprint density at radius 3 is 2.43 bits per heavy atom. The Kier molecular flexibility index (Phi) is 6.87. The van der Waals surface area contributed by atoms with Crippen molar-refractivity contribution in [3.8, 4) is 17.2 Å². The molecule has 5 heteroatoms. The van der Waals surface area contributed by atoms with E-state index in [-0.39, 0.29) is 0 Å². The SMILES string of the molecule is COc1cc(/C=C/C(=O)Oc2ccc(Br)cc2)ccc1OCc1ccccc1. The molecule has 0 aliphatic rings. The van der Waals surface area contributed by atoms with E-state index in [2.05, 4.69) is 15.9 Å². The molecule has 0 unspecified atom stereocenters. The fourth-order valence-electron chi connectivity index (χ4n) is 2.46. The summed E-state index contributed by atoms with van der Waals surface area (Å²) in [5, 5.41) is 0. The van der Waals surface area contributed by atoms with Crippen molar-refractivity contribution in [2.24, 2.45) is 0 Å². The van der Waals surface area contributed by atoms with E-state index in [1.54, 1.807) is 25.3 Å². The summed E-state index contributed by atoms with van der Waals surface area (Å²) >= 11 is 3.34. The summed E-state index contributed by atoms with van der Waals surface area (Å²) in [5.41, 5.74) is 1.88. The maximum Gasteiger partial charge on any atom is 0.336 e. The lowest BCUT2D eigenvalue weighted by Gasteiger charge is -2.11. The number of carbonyl (C=O) groups is 1. The summed E-state index contributed by atoms with van der Waals surface area (Å²) in [7, 11) is 1.58. The van der Waals surface area contributed by atoms with Crippen molar-refractivity contribution in [2.75, 3.05) is 7.11 Å². The zero-order valence-corrected chi connectivity index (χ0v) is 16.9. The van der Waals surface area contributed by atoms with Gasteiger partial charge >= 0.3 is 5.97 Å². The van der Waals surface area contributed by atoms with Gasteiger partial charge in [0.05, 0.1) is 7.11 Å². The molecule has 0 fully saturated rings. The monoisotopic (exact) mass is 438 g/mol. The zero-order chi connectivity index (χ0) is 19.8. The zero-order valence-electron chi connectivity index (χ0n) is 15.3. The van der Waals surface area contributed by atoms with E-state index in [9.17, 15) is 4.79 Å². The van der Waals surface area contributed by atoms with Crippen molar-refractivity contribution in [2.45, 2.75) is 6.61 Å². The predicted molar refractivity (Wildman–Crippen MR) is 113 cm³/mol. The lowest BCUT2D eigenvalue weighted by atomic mass is 10.2. The average Bonchev–Trinajstić information content (AvgIpc) is 2.73. The van der Waals surface area contributed by atoms with Gasteiger partial charge in [0, 0.05) is 10.5 Å². The molecule has 142 valence electrons. The van der Waals surface area contributed by atoms with Crippen molar-refractivity contribution in [3.63, 3.8) is 0 Å². The molecule has 0 N–H and O–H groups in total. The molecule has 3 aromatic rings. The molecule has 0 amide bonds. The number of hydrogen-bond acceptors (Lipinski definition) is 4. The molecule has 3 aromatic carbocycles. The number of esters is 1. The van der Waals surface area contributed by atoms with E-state index < -0.39 is 5.97 Å². The van der Waals surface area contributed by atoms with Crippen molar-refractivity contribution >= 4 is 28.0 Å². The molecule has 3 rings (SSSR count). The molecule has 28 heavy (non-hydrogen) atoms. The minimum absolute atomic E-state index is 0.450. The highest BCUT2D eigenvalue weighted by molar-refractivity contribution is 9.10. The summed E-state index contributed by atoms with van der Waals surface area (Å²) in [5.74, 6) is 1.27. The van der Waals surface area contributed by atoms with Gasteiger partial charge in [0.1, 0.15) is 12.4 Å². The van der Waals surface area contributed by atoms with Crippen molar-refractivity contribution < 1.29 is 19.0 Å². The van der Waals surface area contributed by atoms with Gasteiger partial charge in [-0.1, -0.05) is 52.3 Å². The van der Waals surface area contributed by atoms with Gasteiger partial charge in [-0.25, -0.2) is 4.79 Å². The number of halogens is 1. The van der Waals surface area contributed by atoms with Gasteiger partial charge in [-0.2, -0.15) is 0 Å². The van der Waals surface area contributed by atoms with Crippen molar-refractivity contribution in [1.29, 1.82) is 0 Å². The van der Waals surface area contributed by atoms with Gasteiger partial charge in [-0.05, 0) is 53.6 Å². The summed E-state index contributed by atoms with van der Waals surface area (Å²) in [4.78, 5) is 12.0. The summed E-state index contributed by atoms with van der Waals surface area (Å²) in [6.45, 7) is 0.450. The first-order chi connectivity index (χ1) is 13.6. The van der Waals surface area contributed by atoms with Gasteiger partial charge in [-0.3, -0.25) is 0 Å². The van der Waals surface area contributed by atoms with Crippen LogP contribution in [0, 0.1) is 0 Å². The highest BCUT2D eigenvalue weighted by Gasteiger charge is 2.06. The largest absolute Gasteiger partial charge is 0.493 e. The Hall–Kier alpha value is -3.05.